The molecule has 3 unspecified atom stereocenters. The number of urea groups is 1. The maximum Gasteiger partial charge on any atom is 0.332 e. The number of carboxylic acid groups (broad SMARTS) is 1. The van der Waals surface area contributed by atoms with E-state index in [2.05, 4.69) is 24.5 Å². The van der Waals surface area contributed by atoms with Gasteiger partial charge in [0.15, 0.2) is 6.10 Å². The zero-order chi connectivity index (χ0) is 14.4. The van der Waals surface area contributed by atoms with Crippen molar-refractivity contribution in [3.05, 3.63) is 0 Å². The topological polar surface area (TPSA) is 98.7 Å². The van der Waals surface area contributed by atoms with E-state index in [9.17, 15) is 9.59 Å². The highest BCUT2D eigenvalue weighted by Gasteiger charge is 2.25. The van der Waals surface area contributed by atoms with Gasteiger partial charge >= 0.3 is 12.0 Å². The van der Waals surface area contributed by atoms with Crippen molar-refractivity contribution in [3.63, 3.8) is 0 Å². The summed E-state index contributed by atoms with van der Waals surface area (Å²) in [7, 11) is 0. The Morgan fingerprint density at radius 3 is 2.53 bits per heavy atom. The summed E-state index contributed by atoms with van der Waals surface area (Å²) in [5, 5.41) is 23.0. The van der Waals surface area contributed by atoms with E-state index < -0.39 is 12.1 Å². The van der Waals surface area contributed by atoms with Gasteiger partial charge in [-0.15, -0.1) is 0 Å². The third kappa shape index (κ3) is 5.46. The molecule has 1 aliphatic rings. The first-order chi connectivity index (χ1) is 8.90. The molecular formula is C13H24N2O4. The van der Waals surface area contributed by atoms with Crippen molar-refractivity contribution in [2.45, 2.75) is 51.7 Å². The number of nitrogens with one attached hydrogen (secondary N) is 2. The summed E-state index contributed by atoms with van der Waals surface area (Å²) < 4.78 is 0. The fourth-order valence-electron chi connectivity index (χ4n) is 2.36. The number of hydrogen-bond acceptors (Lipinski definition) is 3. The molecule has 19 heavy (non-hydrogen) atoms. The second kappa shape index (κ2) is 7.33. The van der Waals surface area contributed by atoms with Crippen molar-refractivity contribution in [1.82, 2.24) is 10.6 Å². The van der Waals surface area contributed by atoms with Crippen LogP contribution in [0.25, 0.3) is 0 Å². The molecule has 0 aliphatic heterocycles. The number of rotatable bonds is 5. The van der Waals surface area contributed by atoms with Crippen molar-refractivity contribution in [2.75, 3.05) is 6.54 Å². The number of carbonyl (C=O) groups excluding carboxylic acids is 1. The van der Waals surface area contributed by atoms with Gasteiger partial charge in [-0.05, 0) is 31.1 Å². The summed E-state index contributed by atoms with van der Waals surface area (Å²) >= 11 is 0. The minimum absolute atomic E-state index is 0.0147. The lowest BCUT2D eigenvalue weighted by Crippen LogP contribution is -2.45. The monoisotopic (exact) mass is 272 g/mol. The van der Waals surface area contributed by atoms with Gasteiger partial charge < -0.3 is 20.8 Å². The molecule has 4 atom stereocenters. The molecule has 0 aromatic carbocycles. The van der Waals surface area contributed by atoms with Crippen LogP contribution in [0, 0.1) is 11.8 Å². The van der Waals surface area contributed by atoms with Crippen LogP contribution in [0.2, 0.25) is 0 Å². The SMILES string of the molecule is CC1CCC(NC(=O)NCC[C@H](O)C(=O)O)CC1C. The number of aliphatic hydroxyl groups is 1. The van der Waals surface area contributed by atoms with Gasteiger partial charge in [-0.1, -0.05) is 13.8 Å². The Hall–Kier alpha value is -1.30. The standard InChI is InChI=1S/C13H24N2O4/c1-8-3-4-10(7-9(8)2)15-13(19)14-6-5-11(16)12(17)18/h8-11,16H,3-7H2,1-2H3,(H,17,18)(H2,14,15,19)/t8?,9?,10?,11-/m0/s1. The van der Waals surface area contributed by atoms with Gasteiger partial charge in [0.1, 0.15) is 0 Å². The van der Waals surface area contributed by atoms with Crippen LogP contribution >= 0.6 is 0 Å². The van der Waals surface area contributed by atoms with Crippen molar-refractivity contribution < 1.29 is 19.8 Å². The molecule has 6 heteroatoms. The van der Waals surface area contributed by atoms with Gasteiger partial charge in [-0.3, -0.25) is 0 Å². The molecule has 0 bridgehead atoms. The van der Waals surface area contributed by atoms with Crippen LogP contribution in [-0.4, -0.2) is 40.9 Å². The molecule has 4 N–H and O–H groups in total. The number of carbonyl (C=O) groups is 2. The fraction of sp³-hybridized carbons (Fsp3) is 0.846. The zero-order valence-corrected chi connectivity index (χ0v) is 11.6. The third-order valence-electron chi connectivity index (χ3n) is 3.92. The van der Waals surface area contributed by atoms with Gasteiger partial charge in [-0.25, -0.2) is 9.59 Å². The van der Waals surface area contributed by atoms with Crippen LogP contribution in [0.15, 0.2) is 0 Å². The number of aliphatic carboxylic acids is 1. The van der Waals surface area contributed by atoms with Crippen molar-refractivity contribution in [2.24, 2.45) is 11.8 Å². The fourth-order valence-corrected chi connectivity index (χ4v) is 2.36. The van der Waals surface area contributed by atoms with Crippen LogP contribution in [-0.2, 0) is 4.79 Å². The second-order valence-corrected chi connectivity index (χ2v) is 5.51. The van der Waals surface area contributed by atoms with E-state index in [1.165, 1.54) is 0 Å². The molecule has 1 fully saturated rings. The van der Waals surface area contributed by atoms with Gasteiger partial charge in [0.05, 0.1) is 0 Å². The first-order valence-electron chi connectivity index (χ1n) is 6.85. The third-order valence-corrected chi connectivity index (χ3v) is 3.92. The first-order valence-corrected chi connectivity index (χ1v) is 6.85. The van der Waals surface area contributed by atoms with Crippen molar-refractivity contribution in [3.8, 4) is 0 Å². The Kier molecular flexibility index (Phi) is 6.08. The molecule has 0 aromatic rings. The van der Waals surface area contributed by atoms with Gasteiger partial charge in [-0.2, -0.15) is 0 Å². The van der Waals surface area contributed by atoms with Crippen molar-refractivity contribution >= 4 is 12.0 Å². The predicted molar refractivity (Wildman–Crippen MR) is 70.8 cm³/mol. The van der Waals surface area contributed by atoms with E-state index in [1.54, 1.807) is 0 Å². The minimum atomic E-state index is -1.42. The van der Waals surface area contributed by atoms with Gasteiger partial charge in [0.25, 0.3) is 0 Å². The maximum absolute atomic E-state index is 11.6. The van der Waals surface area contributed by atoms with Crippen LogP contribution in [0.5, 0.6) is 0 Å². The highest BCUT2D eigenvalue weighted by Crippen LogP contribution is 2.29. The van der Waals surface area contributed by atoms with Gasteiger partial charge in [0, 0.05) is 19.0 Å². The first kappa shape index (κ1) is 15.8. The molecule has 0 saturated heterocycles. The normalized spacial score (nSPS) is 28.5. The number of amides is 2. The Balaban J connectivity index is 2.19. The average molecular weight is 272 g/mol. The molecule has 110 valence electrons. The molecule has 1 saturated carbocycles. The summed E-state index contributed by atoms with van der Waals surface area (Å²) in [6.45, 7) is 4.58. The molecule has 0 radical (unpaired) electrons. The summed E-state index contributed by atoms with van der Waals surface area (Å²) in [6, 6.07) is -0.0973. The quantitative estimate of drug-likeness (QED) is 0.598. The van der Waals surface area contributed by atoms with Crippen LogP contribution in [0.1, 0.15) is 39.5 Å². The van der Waals surface area contributed by atoms with Crippen LogP contribution in [0.3, 0.4) is 0 Å². The molecule has 6 nitrogen and oxygen atoms in total. The van der Waals surface area contributed by atoms with Gasteiger partial charge in [0.2, 0.25) is 0 Å². The smallest absolute Gasteiger partial charge is 0.332 e. The predicted octanol–water partition coefficient (Wildman–Crippen LogP) is 0.946. The van der Waals surface area contributed by atoms with Crippen LogP contribution in [0.4, 0.5) is 4.79 Å². The lowest BCUT2D eigenvalue weighted by Gasteiger charge is -2.32. The molecule has 0 spiro atoms. The maximum atomic E-state index is 11.6. The Morgan fingerprint density at radius 2 is 1.95 bits per heavy atom. The molecule has 2 amide bonds. The minimum Gasteiger partial charge on any atom is -0.479 e. The van der Waals surface area contributed by atoms with Crippen molar-refractivity contribution in [1.29, 1.82) is 0 Å². The number of hydrogen-bond donors (Lipinski definition) is 4. The van der Waals surface area contributed by atoms with E-state index in [-0.39, 0.29) is 25.0 Å². The number of carboxylic acids is 1. The Labute approximate surface area is 113 Å². The Morgan fingerprint density at radius 1 is 1.26 bits per heavy atom. The lowest BCUT2D eigenvalue weighted by molar-refractivity contribution is -0.146. The largest absolute Gasteiger partial charge is 0.479 e. The summed E-state index contributed by atoms with van der Waals surface area (Å²) in [6.07, 6.45) is 1.67. The molecule has 1 rings (SSSR count). The molecule has 1 aliphatic carbocycles. The Bertz CT molecular complexity index is 322. The lowest BCUT2D eigenvalue weighted by atomic mass is 9.79. The summed E-state index contributed by atoms with van der Waals surface area (Å²) in [5.41, 5.74) is 0. The second-order valence-electron chi connectivity index (χ2n) is 5.51. The summed E-state index contributed by atoms with van der Waals surface area (Å²) in [5.74, 6) is 0.0389. The highest BCUT2D eigenvalue weighted by atomic mass is 16.4. The van der Waals surface area contributed by atoms with E-state index in [1.807, 2.05) is 0 Å². The van der Waals surface area contributed by atoms with Crippen LogP contribution < -0.4 is 10.6 Å². The molecular weight excluding hydrogens is 248 g/mol. The highest BCUT2D eigenvalue weighted by molar-refractivity contribution is 5.74. The number of aliphatic hydroxyl groups excluding tert-OH is 1. The van der Waals surface area contributed by atoms with E-state index >= 15 is 0 Å². The zero-order valence-electron chi connectivity index (χ0n) is 11.6. The average Bonchev–Trinajstić information content (AvgIpc) is 2.33. The summed E-state index contributed by atoms with van der Waals surface area (Å²) in [4.78, 5) is 22.0. The van der Waals surface area contributed by atoms with E-state index in [4.69, 9.17) is 10.2 Å². The molecule has 0 heterocycles. The van der Waals surface area contributed by atoms with E-state index in [0.717, 1.165) is 19.3 Å². The molecule has 0 aromatic heterocycles. The van der Waals surface area contributed by atoms with E-state index in [0.29, 0.717) is 11.8 Å².